The predicted molar refractivity (Wildman–Crippen MR) is 87.4 cm³/mol. The number of likely N-dealkylation sites (N-methyl/N-ethyl adjacent to an activating group) is 1. The first-order valence-electron chi connectivity index (χ1n) is 7.76. The first-order valence-corrected chi connectivity index (χ1v) is 7.76. The molecular formula is C17H27N3O. The number of nitrogens with zero attached hydrogens (tertiary/aromatic N) is 1. The van der Waals surface area contributed by atoms with Gasteiger partial charge in [-0.05, 0) is 46.0 Å². The topological polar surface area (TPSA) is 58.4 Å². The number of benzene rings is 1. The zero-order valence-electron chi connectivity index (χ0n) is 13.4. The molecule has 1 aromatic rings. The van der Waals surface area contributed by atoms with Crippen molar-refractivity contribution < 1.29 is 4.79 Å². The highest BCUT2D eigenvalue weighted by Gasteiger charge is 2.34. The summed E-state index contributed by atoms with van der Waals surface area (Å²) in [4.78, 5) is 14.7. The molecule has 1 aliphatic carbocycles. The minimum absolute atomic E-state index is 0.0667. The molecule has 0 heterocycles. The zero-order valence-corrected chi connectivity index (χ0v) is 13.4. The van der Waals surface area contributed by atoms with E-state index in [1.165, 1.54) is 19.3 Å². The van der Waals surface area contributed by atoms with E-state index in [2.05, 4.69) is 24.3 Å². The molecule has 0 radical (unpaired) electrons. The van der Waals surface area contributed by atoms with Gasteiger partial charge in [0.05, 0.1) is 5.56 Å². The lowest BCUT2D eigenvalue weighted by molar-refractivity contribution is 0.0800. The second kappa shape index (κ2) is 6.48. The van der Waals surface area contributed by atoms with E-state index in [1.54, 1.807) is 6.07 Å². The quantitative estimate of drug-likeness (QED) is 0.838. The van der Waals surface area contributed by atoms with Crippen molar-refractivity contribution in [2.75, 3.05) is 26.4 Å². The number of nitrogens with one attached hydrogen (secondary N) is 1. The first kappa shape index (κ1) is 15.8. The van der Waals surface area contributed by atoms with Crippen molar-refractivity contribution in [2.24, 2.45) is 0 Å². The smallest absolute Gasteiger partial charge is 0.253 e. The highest BCUT2D eigenvalue weighted by molar-refractivity contribution is 5.99. The van der Waals surface area contributed by atoms with Crippen LogP contribution in [0.15, 0.2) is 18.2 Å². The molecule has 1 saturated carbocycles. The SMILES string of the molecule is Cc1ccc(N)c(C(=O)NCC2(N(C)C)CCCCC2)c1. The fourth-order valence-electron chi connectivity index (χ4n) is 3.20. The summed E-state index contributed by atoms with van der Waals surface area (Å²) in [5.41, 5.74) is 8.19. The average Bonchev–Trinajstić information content (AvgIpc) is 2.48. The summed E-state index contributed by atoms with van der Waals surface area (Å²) >= 11 is 0. The molecular weight excluding hydrogens is 262 g/mol. The highest BCUT2D eigenvalue weighted by atomic mass is 16.1. The molecule has 3 N–H and O–H groups in total. The summed E-state index contributed by atoms with van der Waals surface area (Å²) in [7, 11) is 4.22. The maximum Gasteiger partial charge on any atom is 0.253 e. The van der Waals surface area contributed by atoms with Gasteiger partial charge in [0, 0.05) is 17.8 Å². The molecule has 0 saturated heterocycles. The molecule has 0 unspecified atom stereocenters. The summed E-state index contributed by atoms with van der Waals surface area (Å²) in [5.74, 6) is -0.0667. The van der Waals surface area contributed by atoms with Gasteiger partial charge >= 0.3 is 0 Å². The molecule has 116 valence electrons. The van der Waals surface area contributed by atoms with Crippen LogP contribution in [0.1, 0.15) is 48.0 Å². The second-order valence-electron chi connectivity index (χ2n) is 6.45. The lowest BCUT2D eigenvalue weighted by Crippen LogP contribution is -2.53. The van der Waals surface area contributed by atoms with Gasteiger partial charge in [-0.1, -0.05) is 30.9 Å². The molecule has 4 nitrogen and oxygen atoms in total. The average molecular weight is 289 g/mol. The van der Waals surface area contributed by atoms with Gasteiger partial charge in [0.25, 0.3) is 5.91 Å². The van der Waals surface area contributed by atoms with Crippen molar-refractivity contribution in [2.45, 2.75) is 44.6 Å². The van der Waals surface area contributed by atoms with Gasteiger partial charge in [-0.15, -0.1) is 0 Å². The van der Waals surface area contributed by atoms with Crippen LogP contribution >= 0.6 is 0 Å². The Balaban J connectivity index is 2.07. The van der Waals surface area contributed by atoms with E-state index in [-0.39, 0.29) is 11.4 Å². The summed E-state index contributed by atoms with van der Waals surface area (Å²) in [5, 5.41) is 3.10. The van der Waals surface area contributed by atoms with Crippen molar-refractivity contribution in [3.63, 3.8) is 0 Å². The van der Waals surface area contributed by atoms with Gasteiger partial charge in [0.15, 0.2) is 0 Å². The summed E-state index contributed by atoms with van der Waals surface area (Å²) in [6.07, 6.45) is 6.06. The van der Waals surface area contributed by atoms with Crippen molar-refractivity contribution >= 4 is 11.6 Å². The number of aryl methyl sites for hydroxylation is 1. The molecule has 0 aliphatic heterocycles. The van der Waals surface area contributed by atoms with Gasteiger partial charge in [0.1, 0.15) is 0 Å². The Morgan fingerprint density at radius 1 is 1.29 bits per heavy atom. The Kier molecular flexibility index (Phi) is 4.88. The van der Waals surface area contributed by atoms with Gasteiger partial charge in [-0.25, -0.2) is 0 Å². The third-order valence-corrected chi connectivity index (χ3v) is 4.76. The minimum atomic E-state index is -0.0667. The molecule has 21 heavy (non-hydrogen) atoms. The number of rotatable bonds is 4. The molecule has 1 aromatic carbocycles. The fraction of sp³-hybridized carbons (Fsp3) is 0.588. The van der Waals surface area contributed by atoms with Crippen molar-refractivity contribution in [1.82, 2.24) is 10.2 Å². The van der Waals surface area contributed by atoms with E-state index in [4.69, 9.17) is 5.73 Å². The molecule has 1 fully saturated rings. The highest BCUT2D eigenvalue weighted by Crippen LogP contribution is 2.31. The number of hydrogen-bond donors (Lipinski definition) is 2. The summed E-state index contributed by atoms with van der Waals surface area (Å²) in [6, 6.07) is 5.58. The number of carbonyl (C=O) groups excluding carboxylic acids is 1. The molecule has 1 aliphatic rings. The van der Waals surface area contributed by atoms with Crippen LogP contribution in [0.4, 0.5) is 5.69 Å². The van der Waals surface area contributed by atoms with Crippen LogP contribution in [0.3, 0.4) is 0 Å². The molecule has 0 aromatic heterocycles. The van der Waals surface area contributed by atoms with Gasteiger partial charge in [-0.2, -0.15) is 0 Å². The van der Waals surface area contributed by atoms with Crippen molar-refractivity contribution in [1.29, 1.82) is 0 Å². The fourth-order valence-corrected chi connectivity index (χ4v) is 3.20. The van der Waals surface area contributed by atoms with Crippen molar-refractivity contribution in [3.05, 3.63) is 29.3 Å². The third kappa shape index (κ3) is 3.56. The number of hydrogen-bond acceptors (Lipinski definition) is 3. The van der Waals surface area contributed by atoms with Crippen LogP contribution in [0.25, 0.3) is 0 Å². The van der Waals surface area contributed by atoms with E-state index in [9.17, 15) is 4.79 Å². The van der Waals surface area contributed by atoms with E-state index < -0.39 is 0 Å². The second-order valence-corrected chi connectivity index (χ2v) is 6.45. The maximum absolute atomic E-state index is 12.4. The molecule has 4 heteroatoms. The van der Waals surface area contributed by atoms with Crippen LogP contribution in [0.5, 0.6) is 0 Å². The normalized spacial score (nSPS) is 17.7. The number of anilines is 1. The largest absolute Gasteiger partial charge is 0.398 e. The Hall–Kier alpha value is -1.55. The van der Waals surface area contributed by atoms with Crippen LogP contribution in [0.2, 0.25) is 0 Å². The molecule has 1 amide bonds. The molecule has 2 rings (SSSR count). The lowest BCUT2D eigenvalue weighted by Gasteiger charge is -2.43. The van der Waals surface area contributed by atoms with Gasteiger partial charge in [-0.3, -0.25) is 4.79 Å². The van der Waals surface area contributed by atoms with Crippen molar-refractivity contribution in [3.8, 4) is 0 Å². The van der Waals surface area contributed by atoms with Crippen LogP contribution < -0.4 is 11.1 Å². The third-order valence-electron chi connectivity index (χ3n) is 4.76. The Morgan fingerprint density at radius 2 is 1.95 bits per heavy atom. The van der Waals surface area contributed by atoms with Gasteiger partial charge in [0.2, 0.25) is 0 Å². The number of carbonyl (C=O) groups is 1. The van der Waals surface area contributed by atoms with E-state index >= 15 is 0 Å². The summed E-state index contributed by atoms with van der Waals surface area (Å²) in [6.45, 7) is 2.66. The Bertz CT molecular complexity index is 505. The number of nitrogen functional groups attached to an aromatic ring is 1. The maximum atomic E-state index is 12.4. The van der Waals surface area contributed by atoms with Gasteiger partial charge < -0.3 is 16.0 Å². The Morgan fingerprint density at radius 3 is 2.57 bits per heavy atom. The lowest BCUT2D eigenvalue weighted by atomic mass is 9.80. The molecule has 0 bridgehead atoms. The van der Waals surface area contributed by atoms with E-state index in [1.807, 2.05) is 19.1 Å². The van der Waals surface area contributed by atoms with Crippen LogP contribution in [-0.2, 0) is 0 Å². The number of amides is 1. The summed E-state index contributed by atoms with van der Waals surface area (Å²) < 4.78 is 0. The molecule has 0 atom stereocenters. The minimum Gasteiger partial charge on any atom is -0.398 e. The van der Waals surface area contributed by atoms with Crippen LogP contribution in [-0.4, -0.2) is 37.0 Å². The van der Waals surface area contributed by atoms with Crippen LogP contribution in [0, 0.1) is 6.92 Å². The van der Waals surface area contributed by atoms with E-state index in [0.29, 0.717) is 17.8 Å². The predicted octanol–water partition coefficient (Wildman–Crippen LogP) is 2.57. The standard InChI is InChI=1S/C17H27N3O/c1-13-7-8-15(18)14(11-13)16(21)19-12-17(20(2)3)9-5-4-6-10-17/h7-8,11H,4-6,9-10,12,18H2,1-3H3,(H,19,21). The Labute approximate surface area is 127 Å². The van der Waals surface area contributed by atoms with E-state index in [0.717, 1.165) is 18.4 Å². The number of nitrogens with two attached hydrogens (primary N) is 1. The monoisotopic (exact) mass is 289 g/mol. The molecule has 0 spiro atoms. The first-order chi connectivity index (χ1) is 9.94. The zero-order chi connectivity index (χ0) is 15.5.